The molecule has 0 aromatic heterocycles. The molecule has 1 saturated heterocycles. The van der Waals surface area contributed by atoms with Gasteiger partial charge in [0.2, 0.25) is 0 Å². The lowest BCUT2D eigenvalue weighted by atomic mass is 9.97. The summed E-state index contributed by atoms with van der Waals surface area (Å²) in [5.74, 6) is -1.30. The van der Waals surface area contributed by atoms with Crippen LogP contribution in [0.5, 0.6) is 0 Å². The molecule has 0 saturated carbocycles. The molecule has 0 aliphatic carbocycles. The van der Waals surface area contributed by atoms with Gasteiger partial charge < -0.3 is 10.5 Å². The van der Waals surface area contributed by atoms with Gasteiger partial charge in [-0.15, -0.1) is 0 Å². The second-order valence-corrected chi connectivity index (χ2v) is 6.40. The number of benzene rings is 2. The summed E-state index contributed by atoms with van der Waals surface area (Å²) in [5, 5.41) is 0.453. The molecule has 25 heavy (non-hydrogen) atoms. The summed E-state index contributed by atoms with van der Waals surface area (Å²) in [5.41, 5.74) is 6.50. The van der Waals surface area contributed by atoms with Crippen LogP contribution in [0.3, 0.4) is 0 Å². The number of hydrogen-bond acceptors (Lipinski definition) is 3. The Morgan fingerprint density at radius 2 is 1.84 bits per heavy atom. The largest absolute Gasteiger partial charge is 0.434 e. The van der Waals surface area contributed by atoms with Crippen molar-refractivity contribution in [3.05, 3.63) is 69.5 Å². The maximum atomic E-state index is 13.5. The van der Waals surface area contributed by atoms with Crippen molar-refractivity contribution >= 4 is 35.2 Å². The average Bonchev–Trinajstić information content (AvgIpc) is 2.95. The van der Waals surface area contributed by atoms with Crippen molar-refractivity contribution in [3.8, 4) is 0 Å². The number of ether oxygens (including phenoxy) is 1. The molecule has 1 fully saturated rings. The SMILES string of the molecule is NC(=O)C1CN([C@H](c2ccc(Cl)cc2)c2ccc(F)c(Cl)c2)C(=O)O1. The van der Waals surface area contributed by atoms with Crippen molar-refractivity contribution in [3.63, 3.8) is 0 Å². The van der Waals surface area contributed by atoms with Gasteiger partial charge in [-0.25, -0.2) is 9.18 Å². The van der Waals surface area contributed by atoms with E-state index in [-0.39, 0.29) is 11.6 Å². The Morgan fingerprint density at radius 3 is 2.40 bits per heavy atom. The van der Waals surface area contributed by atoms with E-state index < -0.39 is 30.0 Å². The number of carbonyl (C=O) groups is 2. The number of rotatable bonds is 4. The minimum Gasteiger partial charge on any atom is -0.434 e. The fourth-order valence-corrected chi connectivity index (χ4v) is 3.03. The molecule has 2 N–H and O–H groups in total. The van der Waals surface area contributed by atoms with Crippen molar-refractivity contribution < 1.29 is 18.7 Å². The maximum absolute atomic E-state index is 13.5. The Balaban J connectivity index is 2.06. The lowest BCUT2D eigenvalue weighted by Gasteiger charge is -2.27. The van der Waals surface area contributed by atoms with Gasteiger partial charge in [-0.1, -0.05) is 41.4 Å². The van der Waals surface area contributed by atoms with Gasteiger partial charge in [0.15, 0.2) is 6.10 Å². The second-order valence-electron chi connectivity index (χ2n) is 5.55. The van der Waals surface area contributed by atoms with Crippen LogP contribution in [0.25, 0.3) is 0 Å². The van der Waals surface area contributed by atoms with Crippen molar-refractivity contribution in [1.29, 1.82) is 0 Å². The number of nitrogens with zero attached hydrogens (tertiary/aromatic N) is 1. The van der Waals surface area contributed by atoms with Gasteiger partial charge in [0.25, 0.3) is 5.91 Å². The molecular formula is C17H13Cl2FN2O3. The van der Waals surface area contributed by atoms with Crippen molar-refractivity contribution in [2.45, 2.75) is 12.1 Å². The van der Waals surface area contributed by atoms with E-state index in [4.69, 9.17) is 33.7 Å². The van der Waals surface area contributed by atoms with Crippen molar-refractivity contribution in [2.24, 2.45) is 5.73 Å². The molecule has 5 nitrogen and oxygen atoms in total. The number of halogens is 3. The Bertz CT molecular complexity index is 829. The number of nitrogens with two attached hydrogens (primary N) is 1. The van der Waals surface area contributed by atoms with E-state index in [1.165, 1.54) is 23.1 Å². The molecule has 1 heterocycles. The summed E-state index contributed by atoms with van der Waals surface area (Å²) in [7, 11) is 0. The molecule has 0 bridgehead atoms. The Hall–Kier alpha value is -2.31. The van der Waals surface area contributed by atoms with E-state index in [0.717, 1.165) is 0 Å². The summed E-state index contributed by atoms with van der Waals surface area (Å²) >= 11 is 11.8. The van der Waals surface area contributed by atoms with E-state index >= 15 is 0 Å². The van der Waals surface area contributed by atoms with Crippen LogP contribution < -0.4 is 5.73 Å². The molecule has 1 unspecified atom stereocenters. The Labute approximate surface area is 153 Å². The number of carbonyl (C=O) groups excluding carboxylic acids is 2. The van der Waals surface area contributed by atoms with Crippen LogP contribution in [0.1, 0.15) is 17.2 Å². The van der Waals surface area contributed by atoms with Crippen LogP contribution in [-0.2, 0) is 9.53 Å². The molecule has 0 radical (unpaired) electrons. The Morgan fingerprint density at radius 1 is 1.20 bits per heavy atom. The normalized spacial score (nSPS) is 18.1. The first-order valence-electron chi connectivity index (χ1n) is 7.34. The summed E-state index contributed by atoms with van der Waals surface area (Å²) in [6.07, 6.45) is -1.73. The van der Waals surface area contributed by atoms with Gasteiger partial charge in [-0.2, -0.15) is 0 Å². The summed E-state index contributed by atoms with van der Waals surface area (Å²) in [6.45, 7) is -0.0174. The highest BCUT2D eigenvalue weighted by Gasteiger charge is 2.40. The topological polar surface area (TPSA) is 72.6 Å². The maximum Gasteiger partial charge on any atom is 0.411 e. The standard InChI is InChI=1S/C17H13Cl2FN2O3/c18-11-4-1-9(2-5-11)15(10-3-6-13(20)12(19)7-10)22-8-14(16(21)23)25-17(22)24/h1-7,14-15H,8H2,(H2,21,23)/t14?,15-/m1/s1. The predicted molar refractivity (Wildman–Crippen MR) is 90.9 cm³/mol. The molecular weight excluding hydrogens is 370 g/mol. The van der Waals surface area contributed by atoms with Crippen LogP contribution >= 0.6 is 23.2 Å². The van der Waals surface area contributed by atoms with E-state index in [2.05, 4.69) is 0 Å². The van der Waals surface area contributed by atoms with E-state index in [9.17, 15) is 14.0 Å². The van der Waals surface area contributed by atoms with E-state index in [0.29, 0.717) is 16.1 Å². The lowest BCUT2D eigenvalue weighted by Crippen LogP contribution is -2.34. The third kappa shape index (κ3) is 3.55. The molecule has 0 spiro atoms. The van der Waals surface area contributed by atoms with Crippen LogP contribution in [0.4, 0.5) is 9.18 Å². The van der Waals surface area contributed by atoms with Crippen LogP contribution in [0.2, 0.25) is 10.0 Å². The number of primary amides is 1. The van der Waals surface area contributed by atoms with Gasteiger partial charge in [0, 0.05) is 5.02 Å². The van der Waals surface area contributed by atoms with Crippen molar-refractivity contribution in [2.75, 3.05) is 6.54 Å². The molecule has 2 aromatic rings. The van der Waals surface area contributed by atoms with Crippen LogP contribution in [-0.4, -0.2) is 29.5 Å². The molecule has 3 rings (SSSR count). The average molecular weight is 383 g/mol. The molecule has 1 aliphatic heterocycles. The van der Waals surface area contributed by atoms with Gasteiger partial charge >= 0.3 is 6.09 Å². The fraction of sp³-hybridized carbons (Fsp3) is 0.176. The quantitative estimate of drug-likeness (QED) is 0.878. The first-order chi connectivity index (χ1) is 11.9. The van der Waals surface area contributed by atoms with Gasteiger partial charge in [-0.3, -0.25) is 9.69 Å². The molecule has 2 aromatic carbocycles. The highest BCUT2D eigenvalue weighted by atomic mass is 35.5. The summed E-state index contributed by atoms with van der Waals surface area (Å²) in [6, 6.07) is 10.3. The number of cyclic esters (lactones) is 1. The van der Waals surface area contributed by atoms with Gasteiger partial charge in [0.05, 0.1) is 17.6 Å². The van der Waals surface area contributed by atoms with E-state index in [1.807, 2.05) is 0 Å². The lowest BCUT2D eigenvalue weighted by molar-refractivity contribution is -0.124. The van der Waals surface area contributed by atoms with Crippen LogP contribution in [0, 0.1) is 5.82 Å². The van der Waals surface area contributed by atoms with Gasteiger partial charge in [-0.05, 0) is 35.4 Å². The number of amides is 2. The first-order valence-corrected chi connectivity index (χ1v) is 8.09. The van der Waals surface area contributed by atoms with Gasteiger partial charge in [0.1, 0.15) is 5.82 Å². The highest BCUT2D eigenvalue weighted by molar-refractivity contribution is 6.31. The third-order valence-corrected chi connectivity index (χ3v) is 4.46. The zero-order valence-corrected chi connectivity index (χ0v) is 14.3. The minimum absolute atomic E-state index is 0.0174. The number of hydrogen-bond donors (Lipinski definition) is 1. The van der Waals surface area contributed by atoms with Crippen molar-refractivity contribution in [1.82, 2.24) is 4.90 Å². The molecule has 1 aliphatic rings. The molecule has 2 amide bonds. The highest BCUT2D eigenvalue weighted by Crippen LogP contribution is 2.34. The van der Waals surface area contributed by atoms with E-state index in [1.54, 1.807) is 24.3 Å². The Kier molecular flexibility index (Phi) is 4.83. The second kappa shape index (κ2) is 6.90. The molecule has 8 heteroatoms. The summed E-state index contributed by atoms with van der Waals surface area (Å²) in [4.78, 5) is 25.0. The molecule has 2 atom stereocenters. The zero-order chi connectivity index (χ0) is 18.1. The molecule has 130 valence electrons. The summed E-state index contributed by atoms with van der Waals surface area (Å²) < 4.78 is 18.5. The van der Waals surface area contributed by atoms with Crippen LogP contribution in [0.15, 0.2) is 42.5 Å². The fourth-order valence-electron chi connectivity index (χ4n) is 2.72. The minimum atomic E-state index is -1.04. The monoisotopic (exact) mass is 382 g/mol. The third-order valence-electron chi connectivity index (χ3n) is 3.91. The smallest absolute Gasteiger partial charge is 0.411 e. The zero-order valence-electron chi connectivity index (χ0n) is 12.8. The predicted octanol–water partition coefficient (Wildman–Crippen LogP) is 3.53. The first kappa shape index (κ1) is 17.5.